The van der Waals surface area contributed by atoms with Crippen LogP contribution in [0.2, 0.25) is 0 Å². The summed E-state index contributed by atoms with van der Waals surface area (Å²) in [6.07, 6.45) is 0.173. The second kappa shape index (κ2) is 8.34. The summed E-state index contributed by atoms with van der Waals surface area (Å²) in [5.41, 5.74) is 3.24. The number of amides is 2. The summed E-state index contributed by atoms with van der Waals surface area (Å²) in [5.74, 6) is 0.622. The van der Waals surface area contributed by atoms with Gasteiger partial charge >= 0.3 is 0 Å². The molecule has 9 heteroatoms. The van der Waals surface area contributed by atoms with Crippen LogP contribution in [0.15, 0.2) is 53.9 Å². The molecule has 0 unspecified atom stereocenters. The summed E-state index contributed by atoms with van der Waals surface area (Å²) >= 11 is 1.43. The minimum absolute atomic E-state index is 0.140. The van der Waals surface area contributed by atoms with Gasteiger partial charge < -0.3 is 10.1 Å². The fourth-order valence-electron chi connectivity index (χ4n) is 3.04. The van der Waals surface area contributed by atoms with Gasteiger partial charge in [0.05, 0.1) is 19.2 Å². The van der Waals surface area contributed by atoms with Gasteiger partial charge in [-0.25, -0.2) is 4.52 Å². The third kappa shape index (κ3) is 4.15. The second-order valence-electron chi connectivity index (χ2n) is 6.55. The van der Waals surface area contributed by atoms with E-state index >= 15 is 0 Å². The van der Waals surface area contributed by atoms with Gasteiger partial charge in [0.2, 0.25) is 22.7 Å². The Bertz CT molecular complexity index is 1210. The SMILES string of the molecule is COc1ccccc1-c1csc2nc(NC(=O)Cc3ccc(NC(C)=O)cc3)nn12. The van der Waals surface area contributed by atoms with Crippen molar-refractivity contribution in [2.45, 2.75) is 13.3 Å². The fourth-order valence-corrected chi connectivity index (χ4v) is 3.86. The number of nitrogens with zero attached hydrogens (tertiary/aromatic N) is 3. The van der Waals surface area contributed by atoms with Gasteiger partial charge in [0.1, 0.15) is 5.75 Å². The highest BCUT2D eigenvalue weighted by molar-refractivity contribution is 7.15. The summed E-state index contributed by atoms with van der Waals surface area (Å²) in [4.78, 5) is 28.6. The Kier molecular flexibility index (Phi) is 5.44. The van der Waals surface area contributed by atoms with Gasteiger partial charge in [-0.15, -0.1) is 16.4 Å². The number of benzene rings is 2. The molecule has 0 atom stereocenters. The minimum atomic E-state index is -0.223. The van der Waals surface area contributed by atoms with Crippen molar-refractivity contribution in [2.75, 3.05) is 17.7 Å². The van der Waals surface area contributed by atoms with E-state index in [9.17, 15) is 9.59 Å². The van der Waals surface area contributed by atoms with Crippen molar-refractivity contribution in [3.05, 3.63) is 59.5 Å². The number of hydrogen-bond acceptors (Lipinski definition) is 6. The zero-order valence-electron chi connectivity index (χ0n) is 16.4. The second-order valence-corrected chi connectivity index (χ2v) is 7.39. The number of carbonyl (C=O) groups excluding carboxylic acids is 2. The lowest BCUT2D eigenvalue weighted by Crippen LogP contribution is -2.15. The van der Waals surface area contributed by atoms with Crippen LogP contribution in [0.5, 0.6) is 5.75 Å². The maximum absolute atomic E-state index is 12.4. The van der Waals surface area contributed by atoms with Crippen LogP contribution in [0, 0.1) is 0 Å². The zero-order valence-corrected chi connectivity index (χ0v) is 17.2. The molecule has 0 radical (unpaired) electrons. The van der Waals surface area contributed by atoms with E-state index in [0.29, 0.717) is 10.6 Å². The molecule has 0 fully saturated rings. The van der Waals surface area contributed by atoms with Crippen molar-refractivity contribution >= 4 is 39.7 Å². The summed E-state index contributed by atoms with van der Waals surface area (Å²) in [6.45, 7) is 1.45. The number of para-hydroxylation sites is 1. The first-order chi connectivity index (χ1) is 14.5. The zero-order chi connectivity index (χ0) is 21.1. The maximum Gasteiger partial charge on any atom is 0.250 e. The third-order valence-electron chi connectivity index (χ3n) is 4.35. The number of nitrogens with one attached hydrogen (secondary N) is 2. The first kappa shape index (κ1) is 19.6. The average Bonchev–Trinajstić information content (AvgIpc) is 3.29. The number of hydrogen-bond donors (Lipinski definition) is 2. The molecule has 0 aliphatic heterocycles. The number of rotatable bonds is 6. The molecule has 0 bridgehead atoms. The quantitative estimate of drug-likeness (QED) is 0.496. The van der Waals surface area contributed by atoms with E-state index in [0.717, 1.165) is 22.6 Å². The molecule has 4 rings (SSSR count). The summed E-state index contributed by atoms with van der Waals surface area (Å²) < 4.78 is 7.13. The van der Waals surface area contributed by atoms with E-state index in [1.54, 1.807) is 35.9 Å². The molecule has 30 heavy (non-hydrogen) atoms. The highest BCUT2D eigenvalue weighted by Gasteiger charge is 2.16. The monoisotopic (exact) mass is 421 g/mol. The molecule has 4 aromatic rings. The predicted molar refractivity (Wildman–Crippen MR) is 116 cm³/mol. The molecule has 152 valence electrons. The lowest BCUT2D eigenvalue weighted by molar-refractivity contribution is -0.116. The van der Waals surface area contributed by atoms with Gasteiger partial charge in [-0.2, -0.15) is 4.98 Å². The van der Waals surface area contributed by atoms with Crippen molar-refractivity contribution in [3.63, 3.8) is 0 Å². The van der Waals surface area contributed by atoms with Crippen LogP contribution < -0.4 is 15.4 Å². The number of fused-ring (bicyclic) bond motifs is 1. The number of aromatic nitrogens is 3. The number of anilines is 2. The highest BCUT2D eigenvalue weighted by Crippen LogP contribution is 2.32. The molecule has 8 nitrogen and oxygen atoms in total. The third-order valence-corrected chi connectivity index (χ3v) is 5.17. The van der Waals surface area contributed by atoms with Crippen molar-refractivity contribution < 1.29 is 14.3 Å². The molecular formula is C21H19N5O3S. The first-order valence-electron chi connectivity index (χ1n) is 9.17. The van der Waals surface area contributed by atoms with Crippen molar-refractivity contribution in [2.24, 2.45) is 0 Å². The standard InChI is InChI=1S/C21H19N5O3S/c1-13(27)22-15-9-7-14(8-10-15)11-19(28)23-20-24-21-26(25-20)17(12-30-21)16-5-3-4-6-18(16)29-2/h3-10,12H,11H2,1-2H3,(H,22,27)(H,23,25,28). The average molecular weight is 421 g/mol. The van der Waals surface area contributed by atoms with Crippen LogP contribution in [0.1, 0.15) is 12.5 Å². The molecule has 0 saturated carbocycles. The lowest BCUT2D eigenvalue weighted by atomic mass is 10.1. The van der Waals surface area contributed by atoms with E-state index in [1.807, 2.05) is 29.6 Å². The Morgan fingerprint density at radius 1 is 1.10 bits per heavy atom. The molecule has 0 saturated heterocycles. The van der Waals surface area contributed by atoms with Gasteiger partial charge in [-0.05, 0) is 29.8 Å². The molecule has 2 aromatic heterocycles. The topological polar surface area (TPSA) is 97.6 Å². The van der Waals surface area contributed by atoms with Crippen molar-refractivity contribution in [1.82, 2.24) is 14.6 Å². The van der Waals surface area contributed by atoms with Crippen LogP contribution in [-0.2, 0) is 16.0 Å². The van der Waals surface area contributed by atoms with E-state index in [1.165, 1.54) is 18.3 Å². The van der Waals surface area contributed by atoms with Gasteiger partial charge in [-0.1, -0.05) is 24.3 Å². The number of carbonyl (C=O) groups is 2. The van der Waals surface area contributed by atoms with Crippen LogP contribution in [0.3, 0.4) is 0 Å². The molecule has 0 aliphatic carbocycles. The van der Waals surface area contributed by atoms with Crippen molar-refractivity contribution in [3.8, 4) is 17.0 Å². The van der Waals surface area contributed by atoms with Gasteiger partial charge in [0.15, 0.2) is 0 Å². The van der Waals surface area contributed by atoms with E-state index in [2.05, 4.69) is 20.7 Å². The summed E-state index contributed by atoms with van der Waals surface area (Å²) in [6, 6.07) is 14.8. The van der Waals surface area contributed by atoms with Gasteiger partial charge in [0, 0.05) is 23.6 Å². The lowest BCUT2D eigenvalue weighted by Gasteiger charge is -2.06. The van der Waals surface area contributed by atoms with E-state index in [-0.39, 0.29) is 24.2 Å². The minimum Gasteiger partial charge on any atom is -0.496 e. The summed E-state index contributed by atoms with van der Waals surface area (Å²) in [7, 11) is 1.62. The van der Waals surface area contributed by atoms with Crippen LogP contribution in [0.4, 0.5) is 11.6 Å². The molecule has 0 aliphatic rings. The summed E-state index contributed by atoms with van der Waals surface area (Å²) in [5, 5.41) is 11.8. The Hall–Kier alpha value is -3.72. The van der Waals surface area contributed by atoms with Crippen LogP contribution >= 0.6 is 11.3 Å². The largest absolute Gasteiger partial charge is 0.496 e. The molecule has 2 amide bonds. The molecule has 2 N–H and O–H groups in total. The normalized spacial score (nSPS) is 10.7. The smallest absolute Gasteiger partial charge is 0.250 e. The first-order valence-corrected chi connectivity index (χ1v) is 10.1. The molecule has 2 heterocycles. The van der Waals surface area contributed by atoms with Crippen LogP contribution in [0.25, 0.3) is 16.2 Å². The predicted octanol–water partition coefficient (Wildman–Crippen LogP) is 3.61. The molecule has 0 spiro atoms. The van der Waals surface area contributed by atoms with Crippen LogP contribution in [-0.4, -0.2) is 33.5 Å². The Morgan fingerprint density at radius 3 is 2.60 bits per heavy atom. The molecule has 2 aromatic carbocycles. The Balaban J connectivity index is 1.48. The van der Waals surface area contributed by atoms with E-state index < -0.39 is 0 Å². The van der Waals surface area contributed by atoms with Gasteiger partial charge in [-0.3, -0.25) is 14.9 Å². The highest BCUT2D eigenvalue weighted by atomic mass is 32.1. The molecular weight excluding hydrogens is 402 g/mol. The number of ether oxygens (including phenoxy) is 1. The fraction of sp³-hybridized carbons (Fsp3) is 0.143. The maximum atomic E-state index is 12.4. The Labute approximate surface area is 176 Å². The number of thiazole rings is 1. The number of methoxy groups -OCH3 is 1. The Morgan fingerprint density at radius 2 is 1.87 bits per heavy atom. The van der Waals surface area contributed by atoms with Crippen molar-refractivity contribution in [1.29, 1.82) is 0 Å². The van der Waals surface area contributed by atoms with E-state index in [4.69, 9.17) is 4.74 Å². The van der Waals surface area contributed by atoms with Gasteiger partial charge in [0.25, 0.3) is 0 Å².